The zero-order valence-electron chi connectivity index (χ0n) is 17.2. The van der Waals surface area contributed by atoms with Crippen LogP contribution in [0.1, 0.15) is 36.7 Å². The van der Waals surface area contributed by atoms with E-state index in [1.807, 2.05) is 44.3 Å². The fourth-order valence-electron chi connectivity index (χ4n) is 3.28. The van der Waals surface area contributed by atoms with E-state index in [1.54, 1.807) is 24.5 Å². The molecule has 1 aromatic carbocycles. The molecule has 0 saturated carbocycles. The lowest BCUT2D eigenvalue weighted by atomic mass is 10.0. The minimum atomic E-state index is -0.937. The molecule has 2 aromatic rings. The van der Waals surface area contributed by atoms with Gasteiger partial charge in [0, 0.05) is 29.0 Å². The van der Waals surface area contributed by atoms with Gasteiger partial charge in [-0.3, -0.25) is 9.78 Å². The monoisotopic (exact) mass is 434 g/mol. The molecule has 3 rings (SSSR count). The van der Waals surface area contributed by atoms with Crippen LogP contribution in [0.15, 0.2) is 36.7 Å². The number of pyridine rings is 1. The Kier molecular flexibility index (Phi) is 7.05. The fraction of sp³-hybridized carbons (Fsp3) is 0.429. The third-order valence-electron chi connectivity index (χ3n) is 5.12. The van der Waals surface area contributed by atoms with Gasteiger partial charge in [0.2, 0.25) is 0 Å². The minimum Gasteiger partial charge on any atom is -0.598 e. The number of benzene rings is 1. The van der Waals surface area contributed by atoms with Crippen molar-refractivity contribution in [3.05, 3.63) is 52.8 Å². The quantitative estimate of drug-likeness (QED) is 0.672. The number of anilines is 2. The number of hydrogen-bond acceptors (Lipinski definition) is 5. The predicted molar refractivity (Wildman–Crippen MR) is 120 cm³/mol. The molecule has 0 aliphatic carbocycles. The second-order valence-corrected chi connectivity index (χ2v) is 9.93. The van der Waals surface area contributed by atoms with Gasteiger partial charge in [0.05, 0.1) is 42.9 Å². The molecule has 8 heteroatoms. The van der Waals surface area contributed by atoms with E-state index in [-0.39, 0.29) is 17.2 Å². The third kappa shape index (κ3) is 5.04. The maximum absolute atomic E-state index is 12.7. The summed E-state index contributed by atoms with van der Waals surface area (Å²) in [5.41, 5.74) is 3.07. The van der Waals surface area contributed by atoms with Gasteiger partial charge in [0.1, 0.15) is 5.25 Å². The Labute approximate surface area is 180 Å². The largest absolute Gasteiger partial charge is 0.598 e. The number of carbonyl (C=O) groups is 1. The summed E-state index contributed by atoms with van der Waals surface area (Å²) in [6, 6.07) is 7.48. The van der Waals surface area contributed by atoms with Crippen LogP contribution in [-0.4, -0.2) is 51.2 Å². The van der Waals surface area contributed by atoms with Crippen LogP contribution in [0, 0.1) is 0 Å². The van der Waals surface area contributed by atoms with E-state index >= 15 is 0 Å². The smallest absolute Gasteiger partial charge is 0.255 e. The second kappa shape index (κ2) is 9.34. The van der Waals surface area contributed by atoms with Gasteiger partial charge in [-0.05, 0) is 50.1 Å². The summed E-state index contributed by atoms with van der Waals surface area (Å²) < 4.78 is 14.1. The first-order valence-corrected chi connectivity index (χ1v) is 11.3. The highest BCUT2D eigenvalue weighted by Crippen LogP contribution is 2.26. The van der Waals surface area contributed by atoms with Gasteiger partial charge in [-0.25, -0.2) is 0 Å². The van der Waals surface area contributed by atoms with Crippen LogP contribution >= 0.6 is 11.6 Å². The Morgan fingerprint density at radius 2 is 2.10 bits per heavy atom. The molecule has 1 N–H and O–H groups in total. The summed E-state index contributed by atoms with van der Waals surface area (Å²) >= 11 is 5.11. The molecule has 1 amide bonds. The number of carbonyl (C=O) groups excluding carboxylic acids is 1. The van der Waals surface area contributed by atoms with Crippen molar-refractivity contribution in [3.63, 3.8) is 0 Å². The molecule has 0 radical (unpaired) electrons. The summed E-state index contributed by atoms with van der Waals surface area (Å²) in [7, 11) is 2.00. The van der Waals surface area contributed by atoms with Crippen molar-refractivity contribution in [1.29, 1.82) is 0 Å². The minimum absolute atomic E-state index is 0.127. The first kappa shape index (κ1) is 21.9. The van der Waals surface area contributed by atoms with Crippen LogP contribution < -0.4 is 10.2 Å². The van der Waals surface area contributed by atoms with Crippen LogP contribution in [0.4, 0.5) is 11.4 Å². The molecular formula is C21H27ClN4O2S. The molecule has 1 aliphatic heterocycles. The third-order valence-corrected chi connectivity index (χ3v) is 6.96. The highest BCUT2D eigenvalue weighted by molar-refractivity contribution is 7.89. The number of aromatic nitrogens is 1. The summed E-state index contributed by atoms with van der Waals surface area (Å²) in [5.74, 6) is -0.178. The van der Waals surface area contributed by atoms with Gasteiger partial charge in [0.15, 0.2) is 0 Å². The average Bonchev–Trinajstić information content (AvgIpc) is 2.66. The van der Waals surface area contributed by atoms with Crippen molar-refractivity contribution >= 4 is 40.2 Å². The maximum Gasteiger partial charge on any atom is 0.255 e. The van der Waals surface area contributed by atoms with E-state index < -0.39 is 11.4 Å². The summed E-state index contributed by atoms with van der Waals surface area (Å²) in [4.78, 5) is 19.1. The number of nitrogens with one attached hydrogen (secondary N) is 1. The zero-order valence-corrected chi connectivity index (χ0v) is 18.8. The average molecular weight is 435 g/mol. The van der Waals surface area contributed by atoms with Gasteiger partial charge in [-0.2, -0.15) is 0 Å². The van der Waals surface area contributed by atoms with Crippen molar-refractivity contribution in [2.75, 3.05) is 30.4 Å². The van der Waals surface area contributed by atoms with E-state index in [9.17, 15) is 9.35 Å². The second-order valence-electron chi connectivity index (χ2n) is 7.48. The van der Waals surface area contributed by atoms with Crippen molar-refractivity contribution < 1.29 is 9.35 Å². The van der Waals surface area contributed by atoms with Crippen LogP contribution in [0.5, 0.6) is 0 Å². The van der Waals surface area contributed by atoms with E-state index in [4.69, 9.17) is 11.6 Å². The number of amides is 1. The van der Waals surface area contributed by atoms with Gasteiger partial charge >= 0.3 is 0 Å². The molecule has 1 aliphatic rings. The molecule has 156 valence electrons. The fourth-order valence-corrected chi connectivity index (χ4v) is 4.71. The van der Waals surface area contributed by atoms with Crippen molar-refractivity contribution in [2.24, 2.45) is 0 Å². The van der Waals surface area contributed by atoms with Crippen molar-refractivity contribution in [2.45, 2.75) is 38.5 Å². The Hall–Kier alpha value is -1.80. The molecule has 6 nitrogen and oxygen atoms in total. The highest BCUT2D eigenvalue weighted by Gasteiger charge is 2.39. The molecule has 1 fully saturated rings. The lowest BCUT2D eigenvalue weighted by Crippen LogP contribution is -2.61. The SMILES string of the molecule is CCc1cc(Cl)ccc1C(=O)Nc1cncc(N(C)C2CN([S+]([O-])C(C)C)C2)c1. The number of likely N-dealkylation sites (N-methyl/N-ethyl adjacent to an activating group) is 1. The number of halogens is 1. The van der Waals surface area contributed by atoms with Crippen LogP contribution in [0.25, 0.3) is 0 Å². The highest BCUT2D eigenvalue weighted by atomic mass is 35.5. The molecule has 1 aromatic heterocycles. The summed E-state index contributed by atoms with van der Waals surface area (Å²) in [6.45, 7) is 7.43. The number of rotatable bonds is 7. The molecule has 0 bridgehead atoms. The summed E-state index contributed by atoms with van der Waals surface area (Å²) in [5, 5.41) is 3.68. The molecule has 0 spiro atoms. The molecule has 29 heavy (non-hydrogen) atoms. The van der Waals surface area contributed by atoms with Crippen LogP contribution in [0.2, 0.25) is 5.02 Å². The molecule has 1 unspecified atom stereocenters. The Morgan fingerprint density at radius 1 is 1.38 bits per heavy atom. The van der Waals surface area contributed by atoms with E-state index in [0.29, 0.717) is 16.3 Å². The number of hydrogen-bond donors (Lipinski definition) is 1. The standard InChI is InChI=1S/C21H27ClN4O2S/c1-5-15-8-16(22)6-7-20(15)21(27)24-17-9-18(11-23-10-17)25(4)19-12-26(13-19)29(28)14(2)3/h6-11,14,19H,5,12-13H2,1-4H3,(H,24,27). The van der Waals surface area contributed by atoms with E-state index in [1.165, 1.54) is 0 Å². The number of aryl methyl sites for hydroxylation is 1. The van der Waals surface area contributed by atoms with Gasteiger partial charge in [0.25, 0.3) is 5.91 Å². The lowest BCUT2D eigenvalue weighted by Gasteiger charge is -2.44. The Bertz CT molecular complexity index is 874. The lowest BCUT2D eigenvalue weighted by molar-refractivity contribution is 0.102. The normalized spacial score (nSPS) is 15.8. The summed E-state index contributed by atoms with van der Waals surface area (Å²) in [6.07, 6.45) is 4.13. The van der Waals surface area contributed by atoms with Crippen molar-refractivity contribution in [1.82, 2.24) is 9.29 Å². The molecular weight excluding hydrogens is 408 g/mol. The topological polar surface area (TPSA) is 71.5 Å². The first-order valence-electron chi connectivity index (χ1n) is 9.73. The Morgan fingerprint density at radius 3 is 2.76 bits per heavy atom. The maximum atomic E-state index is 12.7. The van der Waals surface area contributed by atoms with Crippen LogP contribution in [0.3, 0.4) is 0 Å². The first-order chi connectivity index (χ1) is 13.8. The van der Waals surface area contributed by atoms with E-state index in [0.717, 1.165) is 30.8 Å². The number of nitrogens with zero attached hydrogens (tertiary/aromatic N) is 3. The molecule has 2 heterocycles. The predicted octanol–water partition coefficient (Wildman–Crippen LogP) is 3.74. The van der Waals surface area contributed by atoms with Crippen molar-refractivity contribution in [3.8, 4) is 0 Å². The van der Waals surface area contributed by atoms with Gasteiger partial charge in [-0.1, -0.05) is 18.5 Å². The Balaban J connectivity index is 1.66. The molecule has 1 atom stereocenters. The molecule has 1 saturated heterocycles. The van der Waals surface area contributed by atoms with Crippen LogP contribution in [-0.2, 0) is 17.8 Å². The van der Waals surface area contributed by atoms with E-state index in [2.05, 4.69) is 15.2 Å². The van der Waals surface area contributed by atoms with Gasteiger partial charge in [-0.15, -0.1) is 4.31 Å². The van der Waals surface area contributed by atoms with Gasteiger partial charge < -0.3 is 14.8 Å². The zero-order chi connectivity index (χ0) is 21.1.